The van der Waals surface area contributed by atoms with Crippen LogP contribution in [0.4, 0.5) is 0 Å². The third-order valence-corrected chi connectivity index (χ3v) is 3.83. The maximum atomic E-state index is 7.31. The van der Waals surface area contributed by atoms with Crippen molar-refractivity contribution in [2.75, 3.05) is 13.2 Å². The zero-order valence-electron chi connectivity index (χ0n) is 13.7. The first kappa shape index (κ1) is 16.0. The summed E-state index contributed by atoms with van der Waals surface area (Å²) in [6.45, 7) is 5.09. The van der Waals surface area contributed by atoms with Crippen molar-refractivity contribution in [3.63, 3.8) is 0 Å². The lowest BCUT2D eigenvalue weighted by atomic mass is 10.1. The van der Waals surface area contributed by atoms with E-state index in [2.05, 4.69) is 10.2 Å². The summed E-state index contributed by atoms with van der Waals surface area (Å²) < 4.78 is 11.2. The van der Waals surface area contributed by atoms with Crippen LogP contribution in [0, 0.1) is 5.41 Å². The van der Waals surface area contributed by atoms with Gasteiger partial charge >= 0.3 is 0 Å². The minimum absolute atomic E-state index is 0.313. The second-order valence-corrected chi connectivity index (χ2v) is 5.37. The number of nitrogens with one attached hydrogen (secondary N) is 1. The third kappa shape index (κ3) is 2.95. The van der Waals surface area contributed by atoms with Crippen LogP contribution in [0.5, 0.6) is 11.5 Å². The quantitative estimate of drug-likeness (QED) is 0.496. The molecule has 24 heavy (non-hydrogen) atoms. The molecule has 0 saturated carbocycles. The van der Waals surface area contributed by atoms with Crippen LogP contribution in [0.1, 0.15) is 31.0 Å². The van der Waals surface area contributed by atoms with Gasteiger partial charge in [-0.25, -0.2) is 0 Å². The molecule has 0 bridgehead atoms. The van der Waals surface area contributed by atoms with Gasteiger partial charge in [-0.1, -0.05) is 12.1 Å². The molecule has 6 nitrogen and oxygen atoms in total. The molecule has 3 rings (SSSR count). The predicted octanol–water partition coefficient (Wildman–Crippen LogP) is 3.90. The van der Waals surface area contributed by atoms with E-state index in [0.717, 1.165) is 33.8 Å². The van der Waals surface area contributed by atoms with Crippen LogP contribution in [0.2, 0.25) is 0 Å². The average Bonchev–Trinajstić information content (AvgIpc) is 2.86. The van der Waals surface area contributed by atoms with Crippen LogP contribution >= 0.6 is 0 Å². The summed E-state index contributed by atoms with van der Waals surface area (Å²) in [5, 5.41) is 15.3. The molecule has 0 amide bonds. The van der Waals surface area contributed by atoms with Crippen molar-refractivity contribution < 1.29 is 9.47 Å². The molecule has 0 fully saturated rings. The van der Waals surface area contributed by atoms with Crippen molar-refractivity contribution in [3.05, 3.63) is 47.5 Å². The molecule has 0 atom stereocenters. The van der Waals surface area contributed by atoms with Crippen LogP contribution < -0.4 is 15.2 Å². The molecule has 0 heterocycles. The number of fused-ring (bicyclic) bond motifs is 3. The standard InChI is InChI=1S/C18H20N4O2/c1-3-23-11-5-7-13-14-8-6-12(24-4-2)10-16(14)17(15(13)9-11)21-22-18(19)20/h5-10,17H,3-4H2,1-2H3,(H3,19,20). The van der Waals surface area contributed by atoms with Crippen LogP contribution in [0.15, 0.2) is 46.6 Å². The van der Waals surface area contributed by atoms with E-state index in [-0.39, 0.29) is 12.0 Å². The van der Waals surface area contributed by atoms with Gasteiger partial charge in [0, 0.05) is 0 Å². The van der Waals surface area contributed by atoms with Gasteiger partial charge in [0.05, 0.1) is 13.2 Å². The van der Waals surface area contributed by atoms with Gasteiger partial charge < -0.3 is 15.2 Å². The minimum Gasteiger partial charge on any atom is -0.494 e. The number of ether oxygens (including phenoxy) is 2. The third-order valence-electron chi connectivity index (χ3n) is 3.83. The van der Waals surface area contributed by atoms with Gasteiger partial charge in [-0.3, -0.25) is 5.41 Å². The van der Waals surface area contributed by atoms with Gasteiger partial charge in [0.2, 0.25) is 5.96 Å². The Kier molecular flexibility index (Phi) is 4.46. The van der Waals surface area contributed by atoms with Gasteiger partial charge in [0.1, 0.15) is 17.5 Å². The van der Waals surface area contributed by atoms with E-state index < -0.39 is 0 Å². The van der Waals surface area contributed by atoms with Gasteiger partial charge in [0.25, 0.3) is 0 Å². The van der Waals surface area contributed by atoms with E-state index >= 15 is 0 Å². The van der Waals surface area contributed by atoms with Gasteiger partial charge in [-0.15, -0.1) is 5.11 Å². The van der Waals surface area contributed by atoms with Crippen LogP contribution in [0.3, 0.4) is 0 Å². The Labute approximate surface area is 140 Å². The topological polar surface area (TPSA) is 93.1 Å². The molecule has 6 heteroatoms. The van der Waals surface area contributed by atoms with Crippen molar-refractivity contribution in [1.29, 1.82) is 5.41 Å². The Morgan fingerprint density at radius 2 is 1.50 bits per heavy atom. The summed E-state index contributed by atoms with van der Waals surface area (Å²) in [4.78, 5) is 0. The second-order valence-electron chi connectivity index (χ2n) is 5.37. The van der Waals surface area contributed by atoms with Crippen LogP contribution in [0.25, 0.3) is 11.1 Å². The summed E-state index contributed by atoms with van der Waals surface area (Å²) in [5.74, 6) is 1.26. The summed E-state index contributed by atoms with van der Waals surface area (Å²) in [6, 6.07) is 11.6. The van der Waals surface area contributed by atoms with E-state index in [1.807, 2.05) is 50.2 Å². The molecule has 0 aromatic heterocycles. The molecule has 2 aromatic rings. The Morgan fingerprint density at radius 3 is 1.92 bits per heavy atom. The van der Waals surface area contributed by atoms with Crippen LogP contribution in [-0.2, 0) is 0 Å². The number of rotatable bonds is 5. The van der Waals surface area contributed by atoms with Crippen molar-refractivity contribution in [3.8, 4) is 22.6 Å². The highest BCUT2D eigenvalue weighted by Gasteiger charge is 2.30. The van der Waals surface area contributed by atoms with E-state index in [0.29, 0.717) is 13.2 Å². The fraction of sp³-hybridized carbons (Fsp3) is 0.278. The molecular formula is C18H20N4O2. The van der Waals surface area contributed by atoms with E-state index in [4.69, 9.17) is 20.6 Å². The predicted molar refractivity (Wildman–Crippen MR) is 92.8 cm³/mol. The monoisotopic (exact) mass is 324 g/mol. The smallest absolute Gasteiger partial charge is 0.232 e. The maximum Gasteiger partial charge on any atom is 0.232 e. The highest BCUT2D eigenvalue weighted by Crippen LogP contribution is 2.47. The molecule has 0 radical (unpaired) electrons. The summed E-state index contributed by atoms with van der Waals surface area (Å²) >= 11 is 0. The molecule has 124 valence electrons. The Bertz CT molecular complexity index is 746. The number of benzene rings is 2. The first-order valence-electron chi connectivity index (χ1n) is 7.92. The zero-order valence-corrected chi connectivity index (χ0v) is 13.7. The molecular weight excluding hydrogens is 304 g/mol. The van der Waals surface area contributed by atoms with Crippen LogP contribution in [-0.4, -0.2) is 19.2 Å². The number of azo groups is 1. The Morgan fingerprint density at radius 1 is 1.00 bits per heavy atom. The molecule has 1 aliphatic rings. The number of nitrogens with zero attached hydrogens (tertiary/aromatic N) is 2. The fourth-order valence-electron chi connectivity index (χ4n) is 2.95. The van der Waals surface area contributed by atoms with E-state index in [1.165, 1.54) is 0 Å². The number of hydrogen-bond donors (Lipinski definition) is 2. The highest BCUT2D eigenvalue weighted by atomic mass is 16.5. The lowest BCUT2D eigenvalue weighted by Crippen LogP contribution is -2.05. The summed E-state index contributed by atoms with van der Waals surface area (Å²) in [6.07, 6.45) is 0. The van der Waals surface area contributed by atoms with E-state index in [1.54, 1.807) is 0 Å². The van der Waals surface area contributed by atoms with E-state index in [9.17, 15) is 0 Å². The van der Waals surface area contributed by atoms with Gasteiger partial charge in [0.15, 0.2) is 0 Å². The fourth-order valence-corrected chi connectivity index (χ4v) is 2.95. The first-order valence-corrected chi connectivity index (χ1v) is 7.92. The zero-order chi connectivity index (χ0) is 17.1. The second kappa shape index (κ2) is 6.70. The molecule has 2 aromatic carbocycles. The Balaban J connectivity index is 2.11. The summed E-state index contributed by atoms with van der Waals surface area (Å²) in [7, 11) is 0. The molecule has 0 unspecified atom stereocenters. The average molecular weight is 324 g/mol. The van der Waals surface area contributed by atoms with Gasteiger partial charge in [-0.05, 0) is 60.4 Å². The SMILES string of the molecule is CCOc1ccc2c(c1)C(N=NC(=N)N)c1cc(OCC)ccc1-2. The van der Waals surface area contributed by atoms with Crippen molar-refractivity contribution in [2.24, 2.45) is 16.0 Å². The highest BCUT2D eigenvalue weighted by molar-refractivity contribution is 5.80. The molecule has 0 aliphatic heterocycles. The normalized spacial score (nSPS) is 12.9. The van der Waals surface area contributed by atoms with Crippen molar-refractivity contribution in [2.45, 2.75) is 19.9 Å². The number of nitrogens with two attached hydrogens (primary N) is 1. The minimum atomic E-state index is -0.320. The molecule has 3 N–H and O–H groups in total. The lowest BCUT2D eigenvalue weighted by molar-refractivity contribution is 0.339. The molecule has 0 saturated heterocycles. The Hall–Kier alpha value is -2.89. The number of hydrogen-bond acceptors (Lipinski definition) is 4. The molecule has 1 aliphatic carbocycles. The largest absolute Gasteiger partial charge is 0.494 e. The van der Waals surface area contributed by atoms with Gasteiger partial charge in [-0.2, -0.15) is 5.11 Å². The van der Waals surface area contributed by atoms with Crippen molar-refractivity contribution in [1.82, 2.24) is 0 Å². The lowest BCUT2D eigenvalue weighted by Gasteiger charge is -2.10. The number of guanidine groups is 1. The summed E-state index contributed by atoms with van der Waals surface area (Å²) in [5.41, 5.74) is 9.50. The molecule has 0 spiro atoms. The van der Waals surface area contributed by atoms with Crippen molar-refractivity contribution >= 4 is 5.96 Å². The first-order chi connectivity index (χ1) is 11.6. The maximum absolute atomic E-state index is 7.31.